The lowest BCUT2D eigenvalue weighted by atomic mass is 10.1. The van der Waals surface area contributed by atoms with Gasteiger partial charge in [-0.15, -0.1) is 11.3 Å². The molecule has 9 heteroatoms. The normalized spacial score (nSPS) is 11.4. The fraction of sp³-hybridized carbons (Fsp3) is 0.150. The first-order valence-electron chi connectivity index (χ1n) is 8.52. The van der Waals surface area contributed by atoms with Gasteiger partial charge < -0.3 is 9.67 Å². The van der Waals surface area contributed by atoms with Gasteiger partial charge in [0.2, 0.25) is 0 Å². The first-order valence-corrected chi connectivity index (χ1v) is 9.34. The Balaban J connectivity index is 1.92. The van der Waals surface area contributed by atoms with Gasteiger partial charge in [0.25, 0.3) is 5.56 Å². The molecule has 0 radical (unpaired) electrons. The third-order valence-electron chi connectivity index (χ3n) is 4.52. The molecule has 0 spiro atoms. The topological polar surface area (TPSA) is 72.2 Å². The molecule has 0 saturated heterocycles. The van der Waals surface area contributed by atoms with Gasteiger partial charge in [-0.25, -0.2) is 18.2 Å². The van der Waals surface area contributed by atoms with E-state index in [1.54, 1.807) is 12.1 Å². The number of pyridine rings is 1. The number of aromatic nitrogens is 2. The predicted molar refractivity (Wildman–Crippen MR) is 103 cm³/mol. The van der Waals surface area contributed by atoms with E-state index in [-0.39, 0.29) is 21.8 Å². The van der Waals surface area contributed by atoms with Crippen molar-refractivity contribution in [1.82, 2.24) is 9.55 Å². The highest BCUT2D eigenvalue weighted by Gasteiger charge is 2.19. The highest BCUT2D eigenvalue weighted by Crippen LogP contribution is 2.29. The van der Waals surface area contributed by atoms with Crippen molar-refractivity contribution in [3.63, 3.8) is 0 Å². The Bertz CT molecular complexity index is 1360. The van der Waals surface area contributed by atoms with Gasteiger partial charge in [-0.05, 0) is 30.5 Å². The van der Waals surface area contributed by atoms with Crippen molar-refractivity contribution in [3.05, 3.63) is 74.3 Å². The Kier molecular flexibility index (Phi) is 4.62. The maximum Gasteiger partial charge on any atom is 0.308 e. The number of aliphatic carboxylic acids is 1. The van der Waals surface area contributed by atoms with Gasteiger partial charge in [0.1, 0.15) is 16.3 Å². The minimum Gasteiger partial charge on any atom is -0.481 e. The fourth-order valence-corrected chi connectivity index (χ4v) is 4.20. The van der Waals surface area contributed by atoms with Crippen LogP contribution in [0.2, 0.25) is 0 Å². The molecule has 0 unspecified atom stereocenters. The second-order valence-electron chi connectivity index (χ2n) is 6.63. The number of nitrogens with zero attached hydrogens (tertiary/aromatic N) is 2. The number of aryl methyl sites for hydroxylation is 1. The number of hydrogen-bond donors (Lipinski definition) is 1. The van der Waals surface area contributed by atoms with Gasteiger partial charge in [-0.1, -0.05) is 11.6 Å². The van der Waals surface area contributed by atoms with Crippen LogP contribution in [0.5, 0.6) is 0 Å². The van der Waals surface area contributed by atoms with Crippen molar-refractivity contribution >= 4 is 38.4 Å². The van der Waals surface area contributed by atoms with Crippen LogP contribution < -0.4 is 5.56 Å². The molecule has 148 valence electrons. The molecule has 0 atom stereocenters. The second kappa shape index (κ2) is 7.00. The van der Waals surface area contributed by atoms with Crippen molar-refractivity contribution in [3.8, 4) is 0 Å². The molecule has 0 aliphatic heterocycles. The molecule has 4 rings (SSSR count). The number of thiazole rings is 1. The summed E-state index contributed by atoms with van der Waals surface area (Å²) in [7, 11) is 0. The molecule has 2 aromatic carbocycles. The molecule has 5 nitrogen and oxygen atoms in total. The van der Waals surface area contributed by atoms with Gasteiger partial charge in [0.15, 0.2) is 11.6 Å². The quantitative estimate of drug-likeness (QED) is 0.509. The molecule has 2 heterocycles. The third kappa shape index (κ3) is 3.38. The van der Waals surface area contributed by atoms with Crippen molar-refractivity contribution in [2.45, 2.75) is 19.9 Å². The minimum absolute atomic E-state index is 0.0834. The van der Waals surface area contributed by atoms with E-state index in [2.05, 4.69) is 4.98 Å². The Morgan fingerprint density at radius 2 is 1.93 bits per heavy atom. The van der Waals surface area contributed by atoms with E-state index in [1.165, 1.54) is 10.6 Å². The van der Waals surface area contributed by atoms with E-state index in [0.717, 1.165) is 16.9 Å². The number of carboxylic acid groups (broad SMARTS) is 1. The highest BCUT2D eigenvalue weighted by atomic mass is 32.1. The zero-order valence-electron chi connectivity index (χ0n) is 15.0. The summed E-state index contributed by atoms with van der Waals surface area (Å²) >= 11 is 0.813. The summed E-state index contributed by atoms with van der Waals surface area (Å²) in [6, 6.07) is 7.30. The number of carbonyl (C=O) groups is 1. The largest absolute Gasteiger partial charge is 0.481 e. The van der Waals surface area contributed by atoms with Crippen LogP contribution in [-0.2, 0) is 17.8 Å². The summed E-state index contributed by atoms with van der Waals surface area (Å²) < 4.78 is 42.6. The second-order valence-corrected chi connectivity index (χ2v) is 7.72. The maximum absolute atomic E-state index is 14.0. The van der Waals surface area contributed by atoms with Crippen molar-refractivity contribution < 1.29 is 23.1 Å². The lowest BCUT2D eigenvalue weighted by Gasteiger charge is -2.12. The molecule has 0 aliphatic carbocycles. The van der Waals surface area contributed by atoms with Gasteiger partial charge in [-0.2, -0.15) is 0 Å². The van der Waals surface area contributed by atoms with E-state index in [4.69, 9.17) is 5.11 Å². The minimum atomic E-state index is -1.34. The molecule has 4 aromatic rings. The third-order valence-corrected chi connectivity index (χ3v) is 5.57. The van der Waals surface area contributed by atoms with Crippen LogP contribution in [0, 0.1) is 24.4 Å². The number of rotatable bonds is 4. The molecule has 29 heavy (non-hydrogen) atoms. The van der Waals surface area contributed by atoms with Crippen LogP contribution in [0.4, 0.5) is 13.2 Å². The molecular weight excluding hydrogens is 405 g/mol. The van der Waals surface area contributed by atoms with E-state index < -0.39 is 40.9 Å². The lowest BCUT2D eigenvalue weighted by Crippen LogP contribution is -2.26. The molecule has 0 aliphatic rings. The zero-order chi connectivity index (χ0) is 20.9. The maximum atomic E-state index is 14.0. The summed E-state index contributed by atoms with van der Waals surface area (Å²) in [5.41, 5.74) is 0.567. The molecule has 2 aromatic heterocycles. The summed E-state index contributed by atoms with van der Waals surface area (Å²) in [6.07, 6.45) is -0.461. The molecule has 0 amide bonds. The molecule has 0 saturated carbocycles. The SMILES string of the molecule is Cc1ccc2c(c1)cc(CC(=O)O)c(=O)n2Cc1nc2c(F)c(F)cc(F)c2s1. The number of carboxylic acids is 1. The predicted octanol–water partition coefficient (Wildman–Crippen LogP) is 4.01. The highest BCUT2D eigenvalue weighted by molar-refractivity contribution is 7.18. The number of hydrogen-bond acceptors (Lipinski definition) is 4. The van der Waals surface area contributed by atoms with Crippen molar-refractivity contribution in [1.29, 1.82) is 0 Å². The first kappa shape index (κ1) is 19.1. The van der Waals surface area contributed by atoms with E-state index >= 15 is 0 Å². The number of fused-ring (bicyclic) bond motifs is 2. The van der Waals surface area contributed by atoms with E-state index in [9.17, 15) is 22.8 Å². The standard InChI is InChI=1S/C20H13F3N2O3S/c1-9-2-3-14-10(4-9)5-11(6-16(26)27)20(28)25(14)8-15-24-18-17(23)12(21)7-13(22)19(18)29-15/h2-5,7H,6,8H2,1H3,(H,26,27). The summed E-state index contributed by atoms with van der Waals surface area (Å²) in [6.45, 7) is 1.73. The van der Waals surface area contributed by atoms with Crippen LogP contribution >= 0.6 is 11.3 Å². The first-order chi connectivity index (χ1) is 13.7. The van der Waals surface area contributed by atoms with Crippen LogP contribution in [0.3, 0.4) is 0 Å². The van der Waals surface area contributed by atoms with Crippen LogP contribution in [0.25, 0.3) is 21.1 Å². The van der Waals surface area contributed by atoms with Gasteiger partial charge in [-0.3, -0.25) is 9.59 Å². The van der Waals surface area contributed by atoms with Gasteiger partial charge in [0, 0.05) is 11.6 Å². The Labute approximate surface area is 165 Å². The summed E-state index contributed by atoms with van der Waals surface area (Å²) in [5, 5.41) is 9.96. The Morgan fingerprint density at radius 3 is 2.66 bits per heavy atom. The summed E-state index contributed by atoms with van der Waals surface area (Å²) in [4.78, 5) is 28.0. The molecule has 1 N–H and O–H groups in total. The summed E-state index contributed by atoms with van der Waals surface area (Å²) in [5.74, 6) is -4.68. The van der Waals surface area contributed by atoms with Gasteiger partial charge in [0.05, 0.1) is 23.2 Å². The van der Waals surface area contributed by atoms with Crippen LogP contribution in [0.1, 0.15) is 16.1 Å². The average Bonchev–Trinajstić information content (AvgIpc) is 3.07. The number of halogens is 3. The Hall–Kier alpha value is -3.20. The van der Waals surface area contributed by atoms with Crippen LogP contribution in [-0.4, -0.2) is 20.6 Å². The van der Waals surface area contributed by atoms with Crippen LogP contribution in [0.15, 0.2) is 35.1 Å². The Morgan fingerprint density at radius 1 is 1.17 bits per heavy atom. The lowest BCUT2D eigenvalue weighted by molar-refractivity contribution is -0.136. The van der Waals surface area contributed by atoms with Crippen molar-refractivity contribution in [2.24, 2.45) is 0 Å². The molecule has 0 fully saturated rings. The molecular formula is C20H13F3N2O3S. The average molecular weight is 418 g/mol. The van der Waals surface area contributed by atoms with Crippen molar-refractivity contribution in [2.75, 3.05) is 0 Å². The smallest absolute Gasteiger partial charge is 0.308 e. The monoisotopic (exact) mass is 418 g/mol. The fourth-order valence-electron chi connectivity index (χ4n) is 3.25. The van der Waals surface area contributed by atoms with E-state index in [1.807, 2.05) is 13.0 Å². The zero-order valence-corrected chi connectivity index (χ0v) is 15.8. The van der Waals surface area contributed by atoms with Gasteiger partial charge >= 0.3 is 5.97 Å². The number of benzene rings is 2. The molecule has 0 bridgehead atoms. The van der Waals surface area contributed by atoms with E-state index in [0.29, 0.717) is 17.0 Å².